The first-order valence-corrected chi connectivity index (χ1v) is 22.3. The average molecular weight is 817 g/mol. The summed E-state index contributed by atoms with van der Waals surface area (Å²) >= 11 is 1.83. The zero-order valence-electron chi connectivity index (χ0n) is 30.7. The molecule has 0 bridgehead atoms. The Kier molecular flexibility index (Phi) is 7.53. The zero-order chi connectivity index (χ0) is 36.8. The van der Waals surface area contributed by atoms with Crippen molar-refractivity contribution in [3.63, 3.8) is 0 Å². The van der Waals surface area contributed by atoms with Crippen molar-refractivity contribution in [2.45, 2.75) is 19.3 Å². The second-order valence-corrected chi connectivity index (χ2v) is 19.4. The van der Waals surface area contributed by atoms with E-state index in [1.54, 1.807) is 0 Å². The van der Waals surface area contributed by atoms with Crippen LogP contribution in [0.3, 0.4) is 0 Å². The van der Waals surface area contributed by atoms with Gasteiger partial charge in [0.25, 0.3) is 0 Å². The molecule has 2 heteroatoms. The van der Waals surface area contributed by atoms with E-state index in [1.165, 1.54) is 113 Å². The molecule has 0 unspecified atom stereocenters. The Labute approximate surface area is 337 Å². The van der Waals surface area contributed by atoms with Gasteiger partial charge in [-0.05, 0) is 0 Å². The van der Waals surface area contributed by atoms with Gasteiger partial charge in [-0.2, -0.15) is 0 Å². The van der Waals surface area contributed by atoms with Crippen molar-refractivity contribution in [1.82, 2.24) is 0 Å². The second kappa shape index (κ2) is 12.6. The van der Waals surface area contributed by atoms with Gasteiger partial charge in [0.1, 0.15) is 0 Å². The van der Waals surface area contributed by atoms with Gasteiger partial charge in [-0.1, -0.05) is 6.07 Å². The Morgan fingerprint density at radius 1 is 0.345 bits per heavy atom. The van der Waals surface area contributed by atoms with E-state index < -0.39 is 0 Å². The third-order valence-electron chi connectivity index (χ3n) is 12.2. The first kappa shape index (κ1) is 33.0. The molecule has 5 radical (unpaired) electrons. The maximum atomic E-state index is 2.52. The Bertz CT molecular complexity index is 3060. The summed E-state index contributed by atoms with van der Waals surface area (Å²) in [5.74, 6) is 0. The van der Waals surface area contributed by atoms with Gasteiger partial charge in [0.05, 0.1) is 0 Å². The van der Waals surface area contributed by atoms with Crippen LogP contribution in [0.15, 0.2) is 176 Å². The van der Waals surface area contributed by atoms with Gasteiger partial charge in [-0.15, -0.1) is 0 Å². The molecule has 0 atom stereocenters. The molecule has 1 heterocycles. The number of fused-ring (bicyclic) bond motifs is 8. The first-order chi connectivity index (χ1) is 27.0. The number of rotatable bonds is 4. The molecule has 0 aromatic heterocycles. The Balaban J connectivity index is 1.28. The zero-order valence-corrected chi connectivity index (χ0v) is 34.9. The summed E-state index contributed by atoms with van der Waals surface area (Å²) in [6, 6.07) is 66.5. The minimum absolute atomic E-state index is 0.0907. The predicted molar refractivity (Wildman–Crippen MR) is 237 cm³/mol. The predicted octanol–water partition coefficient (Wildman–Crippen LogP) is 11.4. The van der Waals surface area contributed by atoms with Crippen LogP contribution in [-0.2, 0) is 5.41 Å². The second-order valence-electron chi connectivity index (χ2n) is 15.4. The van der Waals surface area contributed by atoms with Crippen molar-refractivity contribution in [2.75, 3.05) is 0 Å². The maximum absolute atomic E-state index is 2.52. The van der Waals surface area contributed by atoms with Crippen LogP contribution in [0.25, 0.3) is 88.3 Å². The van der Waals surface area contributed by atoms with Crippen LogP contribution in [0.1, 0.15) is 25.0 Å². The molecule has 9 aromatic carbocycles. The minimum atomic E-state index is -0.389. The fourth-order valence-corrected chi connectivity index (χ4v) is 13.3. The molecule has 0 N–H and O–H groups in total. The Morgan fingerprint density at radius 2 is 0.836 bits per heavy atom. The fraction of sp³-hybridized carbons (Fsp3) is 0.0566. The molecule has 1 aliphatic carbocycles. The first-order valence-electron chi connectivity index (χ1n) is 19.1. The molecule has 1 aliphatic heterocycles. The van der Waals surface area contributed by atoms with Crippen LogP contribution in [-0.4, -0.2) is 31.9 Å². The molecule has 255 valence electrons. The van der Waals surface area contributed by atoms with E-state index in [9.17, 15) is 0 Å². The van der Waals surface area contributed by atoms with Crippen molar-refractivity contribution in [2.24, 2.45) is 0 Å². The van der Waals surface area contributed by atoms with E-state index in [0.29, 0.717) is 0 Å². The van der Waals surface area contributed by atoms with E-state index in [-0.39, 0.29) is 20.8 Å². The summed E-state index contributed by atoms with van der Waals surface area (Å²) in [5.41, 5.74) is 18.6. The number of hydrogen-bond acceptors (Lipinski definition) is 0. The molecule has 2 aliphatic rings. The van der Waals surface area contributed by atoms with Gasteiger partial charge in [-0.3, -0.25) is 0 Å². The summed E-state index contributed by atoms with van der Waals surface area (Å²) in [6.07, 6.45) is 0. The molecule has 0 amide bonds. The monoisotopic (exact) mass is 819 g/mol. The molecule has 0 saturated heterocycles. The van der Waals surface area contributed by atoms with Crippen LogP contribution in [0.2, 0.25) is 0 Å². The van der Waals surface area contributed by atoms with E-state index in [2.05, 4.69) is 206 Å². The van der Waals surface area contributed by atoms with Crippen LogP contribution < -0.4 is 13.2 Å². The van der Waals surface area contributed by atoms with Crippen LogP contribution in [0.4, 0.5) is 0 Å². The fourth-order valence-electron chi connectivity index (χ4n) is 9.69. The summed E-state index contributed by atoms with van der Waals surface area (Å²) in [7, 11) is 0. The Hall–Kier alpha value is -5.41. The van der Waals surface area contributed by atoms with Crippen molar-refractivity contribution >= 4 is 66.7 Å². The quantitative estimate of drug-likeness (QED) is 0.123. The number of hydrogen-bond donors (Lipinski definition) is 0. The van der Waals surface area contributed by atoms with Crippen LogP contribution >= 0.6 is 0 Å². The summed E-state index contributed by atoms with van der Waals surface area (Å²) in [6.45, 7) is 4.77. The number of benzene rings is 9. The van der Waals surface area contributed by atoms with Gasteiger partial charge in [-0.25, -0.2) is 0 Å². The van der Waals surface area contributed by atoms with Gasteiger partial charge in [0.2, 0.25) is 0 Å². The molecular weight excluding hydrogens is 782 g/mol. The molecule has 0 spiro atoms. The van der Waals surface area contributed by atoms with Crippen molar-refractivity contribution in [3.8, 4) is 66.8 Å². The van der Waals surface area contributed by atoms with Gasteiger partial charge < -0.3 is 0 Å². The van der Waals surface area contributed by atoms with Crippen molar-refractivity contribution in [3.05, 3.63) is 187 Å². The van der Waals surface area contributed by atoms with E-state index >= 15 is 0 Å². The third kappa shape index (κ3) is 4.91. The summed E-state index contributed by atoms with van der Waals surface area (Å²) < 4.78 is 4.35. The normalized spacial score (nSPS) is 13.4. The van der Waals surface area contributed by atoms with Gasteiger partial charge in [0.15, 0.2) is 0 Å². The van der Waals surface area contributed by atoms with Crippen LogP contribution in [0, 0.1) is 0 Å². The standard InChI is InChI=1S/C53H35Ge2/c1-53(2)45-26-8-5-18-40(45)51-42(25-13-27-46(51)53)50-38-22-11-20-34(32-15-3-4-16-33(32)36-17-6-9-28-47(36)54)43(38)31-44-35(21-12-23-39(44)50)37-24-14-30-49-52(37)41-19-7-10-29-48(41)55-49/h3-31H,1-2H3. The summed E-state index contributed by atoms with van der Waals surface area (Å²) in [5, 5.41) is 5.16. The molecule has 55 heavy (non-hydrogen) atoms. The molecular formula is C53H35Ge2. The molecule has 11 rings (SSSR count). The average Bonchev–Trinajstić information content (AvgIpc) is 3.72. The molecule has 0 saturated carbocycles. The van der Waals surface area contributed by atoms with Gasteiger partial charge in [0, 0.05) is 0 Å². The molecule has 0 fully saturated rings. The SMILES string of the molecule is CC1(C)c2ccccc2-c2c(-c3c4cccc(-c5ccccc5-c5cccc[c]5[Ge])c4cc4c(-c5ccc[c]6c5-c5cccc[c]5[Ge]6)cccc34)cccc21. The topological polar surface area (TPSA) is 0 Å². The van der Waals surface area contributed by atoms with Crippen molar-refractivity contribution < 1.29 is 0 Å². The summed E-state index contributed by atoms with van der Waals surface area (Å²) in [4.78, 5) is 0. The van der Waals surface area contributed by atoms with Crippen LogP contribution in [0.5, 0.6) is 0 Å². The van der Waals surface area contributed by atoms with Gasteiger partial charge >= 0.3 is 334 Å². The van der Waals surface area contributed by atoms with Crippen molar-refractivity contribution in [1.29, 1.82) is 0 Å². The molecule has 9 aromatic rings. The third-order valence-corrected chi connectivity index (χ3v) is 16.0. The Morgan fingerprint density at radius 3 is 1.58 bits per heavy atom. The van der Waals surface area contributed by atoms with E-state index in [4.69, 9.17) is 0 Å². The van der Waals surface area contributed by atoms with E-state index in [0.717, 1.165) is 0 Å². The van der Waals surface area contributed by atoms with E-state index in [1.807, 2.05) is 0 Å². The molecule has 0 nitrogen and oxygen atoms in total.